The summed E-state index contributed by atoms with van der Waals surface area (Å²) in [5, 5.41) is 15.2. The molecule has 1 heterocycles. The number of hydrogen-bond acceptors (Lipinski definition) is 4. The molecule has 20 heavy (non-hydrogen) atoms. The number of carbonyl (C=O) groups excluding carboxylic acids is 1. The number of carbonyl (C=O) groups is 1. The van der Waals surface area contributed by atoms with Crippen LogP contribution in [0.15, 0.2) is 5.16 Å². The van der Waals surface area contributed by atoms with Crippen LogP contribution in [0, 0.1) is 5.41 Å². The van der Waals surface area contributed by atoms with E-state index in [-0.39, 0.29) is 17.8 Å². The molecule has 0 aromatic rings. The zero-order valence-corrected chi connectivity index (χ0v) is 12.3. The Balaban J connectivity index is 2.02. The fourth-order valence-corrected chi connectivity index (χ4v) is 3.46. The first-order valence-electron chi connectivity index (χ1n) is 7.63. The number of piperidine rings is 1. The highest BCUT2D eigenvalue weighted by Gasteiger charge is 2.46. The maximum Gasteiger partial charge on any atom is 0.234 e. The van der Waals surface area contributed by atoms with Crippen molar-refractivity contribution in [3.8, 4) is 0 Å². The topological polar surface area (TPSA) is 91.0 Å². The van der Waals surface area contributed by atoms with Gasteiger partial charge in [0.15, 0.2) is 5.84 Å². The SMILES string of the molecule is CCN1CCCC(NC(=O)C2(C(N)=NO)CCCC2)C1. The van der Waals surface area contributed by atoms with Gasteiger partial charge >= 0.3 is 0 Å². The third kappa shape index (κ3) is 2.90. The number of nitrogens with two attached hydrogens (primary N) is 1. The van der Waals surface area contributed by atoms with Crippen molar-refractivity contribution in [2.24, 2.45) is 16.3 Å². The van der Waals surface area contributed by atoms with Gasteiger partial charge in [-0.3, -0.25) is 4.79 Å². The van der Waals surface area contributed by atoms with E-state index in [0.29, 0.717) is 12.8 Å². The van der Waals surface area contributed by atoms with Gasteiger partial charge in [0.25, 0.3) is 0 Å². The lowest BCUT2D eigenvalue weighted by Gasteiger charge is -2.35. The van der Waals surface area contributed by atoms with Crippen LogP contribution in [0.2, 0.25) is 0 Å². The summed E-state index contributed by atoms with van der Waals surface area (Å²) in [5.41, 5.74) is 5.01. The lowest BCUT2D eigenvalue weighted by molar-refractivity contribution is -0.128. The van der Waals surface area contributed by atoms with Crippen LogP contribution < -0.4 is 11.1 Å². The predicted molar refractivity (Wildman–Crippen MR) is 77.6 cm³/mol. The van der Waals surface area contributed by atoms with Crippen molar-refractivity contribution >= 4 is 11.7 Å². The van der Waals surface area contributed by atoms with Crippen LogP contribution in [-0.4, -0.2) is 47.5 Å². The molecule has 0 bridgehead atoms. The van der Waals surface area contributed by atoms with Gasteiger partial charge in [-0.2, -0.15) is 0 Å². The average Bonchev–Trinajstić information content (AvgIpc) is 2.97. The van der Waals surface area contributed by atoms with Crippen LogP contribution in [0.1, 0.15) is 45.4 Å². The second-order valence-corrected chi connectivity index (χ2v) is 5.98. The second kappa shape index (κ2) is 6.43. The van der Waals surface area contributed by atoms with E-state index in [2.05, 4.69) is 22.3 Å². The number of nitrogens with zero attached hydrogens (tertiary/aromatic N) is 2. The molecule has 0 aromatic carbocycles. The number of nitrogens with one attached hydrogen (secondary N) is 1. The van der Waals surface area contributed by atoms with E-state index in [9.17, 15) is 4.79 Å². The molecule has 1 saturated heterocycles. The maximum atomic E-state index is 12.6. The number of rotatable bonds is 4. The lowest BCUT2D eigenvalue weighted by atomic mass is 9.83. The molecule has 0 radical (unpaired) electrons. The fourth-order valence-electron chi connectivity index (χ4n) is 3.46. The first-order chi connectivity index (χ1) is 9.62. The van der Waals surface area contributed by atoms with Crippen molar-refractivity contribution in [1.82, 2.24) is 10.2 Å². The summed E-state index contributed by atoms with van der Waals surface area (Å²) in [6, 6.07) is 0.181. The van der Waals surface area contributed by atoms with E-state index < -0.39 is 5.41 Å². The van der Waals surface area contributed by atoms with Crippen molar-refractivity contribution in [2.45, 2.75) is 51.5 Å². The van der Waals surface area contributed by atoms with Crippen LogP contribution in [0.5, 0.6) is 0 Å². The normalized spacial score (nSPS) is 27.4. The summed E-state index contributed by atoms with van der Waals surface area (Å²) >= 11 is 0. The van der Waals surface area contributed by atoms with Gasteiger partial charge in [0, 0.05) is 12.6 Å². The first kappa shape index (κ1) is 15.1. The van der Waals surface area contributed by atoms with Gasteiger partial charge in [0.1, 0.15) is 5.41 Å². The minimum absolute atomic E-state index is 0.0618. The zero-order valence-electron chi connectivity index (χ0n) is 12.3. The second-order valence-electron chi connectivity index (χ2n) is 5.98. The Kier molecular flexibility index (Phi) is 4.86. The van der Waals surface area contributed by atoms with Crippen molar-refractivity contribution in [3.05, 3.63) is 0 Å². The number of oxime groups is 1. The van der Waals surface area contributed by atoms with Gasteiger partial charge < -0.3 is 21.2 Å². The van der Waals surface area contributed by atoms with Gasteiger partial charge in [-0.15, -0.1) is 0 Å². The standard InChI is InChI=1S/C14H26N4O2/c1-2-18-9-5-6-11(10-18)16-13(19)14(12(15)17-20)7-3-4-8-14/h11,20H,2-10H2,1H3,(H2,15,17)(H,16,19). The molecule has 1 atom stereocenters. The van der Waals surface area contributed by atoms with Gasteiger partial charge in [0.05, 0.1) is 0 Å². The van der Waals surface area contributed by atoms with Crippen molar-refractivity contribution in [1.29, 1.82) is 0 Å². The lowest BCUT2D eigenvalue weighted by Crippen LogP contribution is -2.54. The van der Waals surface area contributed by atoms with Crippen molar-refractivity contribution in [2.75, 3.05) is 19.6 Å². The predicted octanol–water partition coefficient (Wildman–Crippen LogP) is 0.894. The average molecular weight is 282 g/mol. The highest BCUT2D eigenvalue weighted by molar-refractivity contribution is 6.07. The Bertz CT molecular complexity index is 377. The molecule has 1 aliphatic carbocycles. The molecule has 0 spiro atoms. The van der Waals surface area contributed by atoms with E-state index in [4.69, 9.17) is 10.9 Å². The molecule has 2 aliphatic rings. The first-order valence-corrected chi connectivity index (χ1v) is 7.63. The van der Waals surface area contributed by atoms with Gasteiger partial charge in [-0.1, -0.05) is 24.9 Å². The van der Waals surface area contributed by atoms with Gasteiger partial charge in [0.2, 0.25) is 5.91 Å². The summed E-state index contributed by atoms with van der Waals surface area (Å²) in [5.74, 6) is 0.00362. The number of amides is 1. The van der Waals surface area contributed by atoms with Crippen LogP contribution in [0.3, 0.4) is 0 Å². The highest BCUT2D eigenvalue weighted by Crippen LogP contribution is 2.38. The van der Waals surface area contributed by atoms with E-state index >= 15 is 0 Å². The maximum absolute atomic E-state index is 12.6. The van der Waals surface area contributed by atoms with Crippen LogP contribution in [0.25, 0.3) is 0 Å². The van der Waals surface area contributed by atoms with E-state index in [1.807, 2.05) is 0 Å². The molecule has 6 heteroatoms. The molecule has 1 saturated carbocycles. The molecular formula is C14H26N4O2. The minimum atomic E-state index is -0.788. The Morgan fingerprint density at radius 2 is 2.15 bits per heavy atom. The number of likely N-dealkylation sites (N-methyl/N-ethyl adjacent to an activating group) is 1. The van der Waals surface area contributed by atoms with Crippen molar-refractivity contribution < 1.29 is 10.0 Å². The summed E-state index contributed by atoms with van der Waals surface area (Å²) in [6.07, 6.45) is 5.38. The molecule has 6 nitrogen and oxygen atoms in total. The van der Waals surface area contributed by atoms with E-state index in [0.717, 1.165) is 45.3 Å². The fraction of sp³-hybridized carbons (Fsp3) is 0.857. The molecule has 4 N–H and O–H groups in total. The summed E-state index contributed by atoms with van der Waals surface area (Å²) in [6.45, 7) is 5.15. The molecule has 114 valence electrons. The molecule has 1 aliphatic heterocycles. The van der Waals surface area contributed by atoms with Crippen LogP contribution in [0.4, 0.5) is 0 Å². The summed E-state index contributed by atoms with van der Waals surface area (Å²) in [7, 11) is 0. The zero-order chi connectivity index (χ0) is 14.6. The van der Waals surface area contributed by atoms with Gasteiger partial charge in [-0.25, -0.2) is 0 Å². The Hall–Kier alpha value is -1.30. The van der Waals surface area contributed by atoms with Gasteiger partial charge in [-0.05, 0) is 38.8 Å². The Labute approximate surface area is 120 Å². The number of amidine groups is 1. The van der Waals surface area contributed by atoms with Crippen LogP contribution in [-0.2, 0) is 4.79 Å². The molecule has 1 unspecified atom stereocenters. The van der Waals surface area contributed by atoms with E-state index in [1.165, 1.54) is 0 Å². The third-order valence-corrected chi connectivity index (χ3v) is 4.78. The minimum Gasteiger partial charge on any atom is -0.409 e. The van der Waals surface area contributed by atoms with Crippen LogP contribution >= 0.6 is 0 Å². The van der Waals surface area contributed by atoms with E-state index in [1.54, 1.807) is 0 Å². The molecule has 1 amide bonds. The molecule has 2 fully saturated rings. The molecular weight excluding hydrogens is 256 g/mol. The summed E-state index contributed by atoms with van der Waals surface area (Å²) < 4.78 is 0. The Morgan fingerprint density at radius 3 is 2.75 bits per heavy atom. The number of likely N-dealkylation sites (tertiary alicyclic amines) is 1. The third-order valence-electron chi connectivity index (χ3n) is 4.78. The Morgan fingerprint density at radius 1 is 1.45 bits per heavy atom. The summed E-state index contributed by atoms with van der Waals surface area (Å²) in [4.78, 5) is 15.0. The smallest absolute Gasteiger partial charge is 0.234 e. The highest BCUT2D eigenvalue weighted by atomic mass is 16.4. The quantitative estimate of drug-likeness (QED) is 0.309. The number of hydrogen-bond donors (Lipinski definition) is 3. The van der Waals surface area contributed by atoms with Crippen molar-refractivity contribution in [3.63, 3.8) is 0 Å². The monoisotopic (exact) mass is 282 g/mol. The molecule has 0 aromatic heterocycles. The largest absolute Gasteiger partial charge is 0.409 e. The molecule has 2 rings (SSSR count).